The minimum absolute atomic E-state index is 0.351. The van der Waals surface area contributed by atoms with Gasteiger partial charge in [-0.3, -0.25) is 4.68 Å². The van der Waals surface area contributed by atoms with Crippen LogP contribution >= 0.6 is 0 Å². The highest BCUT2D eigenvalue weighted by molar-refractivity contribution is 5.38. The highest BCUT2D eigenvalue weighted by atomic mass is 16.3. The quantitative estimate of drug-likeness (QED) is 0.922. The standard InChI is InChI=1S/C17H24N2O/c1-11(2)19-7-6-15(18-19)10-17(20)16-9-13(4)12(3)8-14(16)5/h6-9,11,17,20H,10H2,1-5H3. The molecule has 3 nitrogen and oxygen atoms in total. The summed E-state index contributed by atoms with van der Waals surface area (Å²) < 4.78 is 1.93. The summed E-state index contributed by atoms with van der Waals surface area (Å²) >= 11 is 0. The van der Waals surface area contributed by atoms with Gasteiger partial charge >= 0.3 is 0 Å². The Balaban J connectivity index is 2.19. The van der Waals surface area contributed by atoms with Crippen LogP contribution in [0, 0.1) is 20.8 Å². The number of rotatable bonds is 4. The van der Waals surface area contributed by atoms with E-state index in [1.165, 1.54) is 11.1 Å². The smallest absolute Gasteiger partial charge is 0.0848 e. The number of benzene rings is 1. The molecule has 0 aliphatic heterocycles. The zero-order valence-corrected chi connectivity index (χ0v) is 13.0. The van der Waals surface area contributed by atoms with Gasteiger partial charge in [0.2, 0.25) is 0 Å². The first-order valence-electron chi connectivity index (χ1n) is 7.18. The predicted molar refractivity (Wildman–Crippen MR) is 81.9 cm³/mol. The number of aliphatic hydroxyl groups excluding tert-OH is 1. The third kappa shape index (κ3) is 3.10. The third-order valence-electron chi connectivity index (χ3n) is 3.84. The zero-order chi connectivity index (χ0) is 14.9. The minimum Gasteiger partial charge on any atom is -0.388 e. The molecule has 3 heteroatoms. The fourth-order valence-corrected chi connectivity index (χ4v) is 2.42. The van der Waals surface area contributed by atoms with Gasteiger partial charge in [-0.15, -0.1) is 0 Å². The molecule has 1 aromatic carbocycles. The van der Waals surface area contributed by atoms with E-state index in [1.807, 2.05) is 16.9 Å². The van der Waals surface area contributed by atoms with E-state index in [9.17, 15) is 5.11 Å². The van der Waals surface area contributed by atoms with Crippen LogP contribution in [0.25, 0.3) is 0 Å². The zero-order valence-electron chi connectivity index (χ0n) is 13.0. The highest BCUT2D eigenvalue weighted by Crippen LogP contribution is 2.24. The van der Waals surface area contributed by atoms with Crippen molar-refractivity contribution in [2.24, 2.45) is 0 Å². The van der Waals surface area contributed by atoms with E-state index in [-0.39, 0.29) is 0 Å². The normalized spacial score (nSPS) is 12.9. The van der Waals surface area contributed by atoms with Gasteiger partial charge in [0.15, 0.2) is 0 Å². The number of aliphatic hydroxyl groups is 1. The second-order valence-corrected chi connectivity index (χ2v) is 5.89. The van der Waals surface area contributed by atoms with Gasteiger partial charge in [-0.25, -0.2) is 0 Å². The molecule has 20 heavy (non-hydrogen) atoms. The molecule has 0 fully saturated rings. The lowest BCUT2D eigenvalue weighted by Gasteiger charge is -2.15. The van der Waals surface area contributed by atoms with E-state index < -0.39 is 6.10 Å². The van der Waals surface area contributed by atoms with Gasteiger partial charge in [0.05, 0.1) is 11.8 Å². The van der Waals surface area contributed by atoms with Crippen molar-refractivity contribution in [3.8, 4) is 0 Å². The van der Waals surface area contributed by atoms with Crippen LogP contribution < -0.4 is 0 Å². The van der Waals surface area contributed by atoms with Gasteiger partial charge in [-0.2, -0.15) is 5.10 Å². The van der Waals surface area contributed by atoms with Crippen LogP contribution in [0.5, 0.6) is 0 Å². The first-order chi connectivity index (χ1) is 9.38. The summed E-state index contributed by atoms with van der Waals surface area (Å²) in [4.78, 5) is 0. The summed E-state index contributed by atoms with van der Waals surface area (Å²) in [6, 6.07) is 6.57. The van der Waals surface area contributed by atoms with E-state index >= 15 is 0 Å². The van der Waals surface area contributed by atoms with Gasteiger partial charge in [-0.05, 0) is 62.9 Å². The molecule has 0 saturated heterocycles. The van der Waals surface area contributed by atoms with Gasteiger partial charge < -0.3 is 5.11 Å². The fourth-order valence-electron chi connectivity index (χ4n) is 2.42. The largest absolute Gasteiger partial charge is 0.388 e. The van der Waals surface area contributed by atoms with Gasteiger partial charge in [-0.1, -0.05) is 12.1 Å². The Morgan fingerprint density at radius 1 is 1.10 bits per heavy atom. The molecule has 1 aromatic heterocycles. The summed E-state index contributed by atoms with van der Waals surface area (Å²) in [6.07, 6.45) is 2.04. The van der Waals surface area contributed by atoms with Crippen LogP contribution in [0.4, 0.5) is 0 Å². The van der Waals surface area contributed by atoms with E-state index in [0.717, 1.165) is 16.8 Å². The van der Waals surface area contributed by atoms with Gasteiger partial charge in [0.25, 0.3) is 0 Å². The average molecular weight is 272 g/mol. The number of hydrogen-bond donors (Lipinski definition) is 1. The lowest BCUT2D eigenvalue weighted by atomic mass is 9.95. The van der Waals surface area contributed by atoms with E-state index in [2.05, 4.69) is 51.9 Å². The monoisotopic (exact) mass is 272 g/mol. The van der Waals surface area contributed by atoms with Crippen molar-refractivity contribution >= 4 is 0 Å². The Hall–Kier alpha value is -1.61. The number of hydrogen-bond acceptors (Lipinski definition) is 2. The SMILES string of the molecule is Cc1cc(C)c(C(O)Cc2ccn(C(C)C)n2)cc1C. The summed E-state index contributed by atoms with van der Waals surface area (Å²) in [7, 11) is 0. The maximum absolute atomic E-state index is 10.5. The first kappa shape index (κ1) is 14.8. The number of aromatic nitrogens is 2. The van der Waals surface area contributed by atoms with Crippen molar-refractivity contribution in [3.05, 3.63) is 52.3 Å². The van der Waals surface area contributed by atoms with Crippen molar-refractivity contribution < 1.29 is 5.11 Å². The Kier molecular flexibility index (Phi) is 4.29. The van der Waals surface area contributed by atoms with Crippen LogP contribution in [-0.2, 0) is 6.42 Å². The lowest BCUT2D eigenvalue weighted by Crippen LogP contribution is -2.07. The van der Waals surface area contributed by atoms with Crippen LogP contribution in [0.3, 0.4) is 0 Å². The number of aryl methyl sites for hydroxylation is 3. The van der Waals surface area contributed by atoms with Crippen molar-refractivity contribution in [2.75, 3.05) is 0 Å². The van der Waals surface area contributed by atoms with Crippen molar-refractivity contribution in [1.82, 2.24) is 9.78 Å². The van der Waals surface area contributed by atoms with E-state index in [0.29, 0.717) is 12.5 Å². The van der Waals surface area contributed by atoms with Crippen molar-refractivity contribution in [2.45, 2.75) is 53.2 Å². The first-order valence-corrected chi connectivity index (χ1v) is 7.18. The predicted octanol–water partition coefficient (Wildman–Crippen LogP) is 3.67. The molecule has 1 N–H and O–H groups in total. The molecule has 1 unspecified atom stereocenters. The average Bonchev–Trinajstić information content (AvgIpc) is 2.82. The Morgan fingerprint density at radius 3 is 2.35 bits per heavy atom. The van der Waals surface area contributed by atoms with E-state index in [4.69, 9.17) is 0 Å². The van der Waals surface area contributed by atoms with Gasteiger partial charge in [0.1, 0.15) is 0 Å². The van der Waals surface area contributed by atoms with Crippen molar-refractivity contribution in [3.63, 3.8) is 0 Å². The molecule has 0 aliphatic rings. The molecule has 108 valence electrons. The fraction of sp³-hybridized carbons (Fsp3) is 0.471. The van der Waals surface area contributed by atoms with Crippen LogP contribution in [0.1, 0.15) is 53.9 Å². The topological polar surface area (TPSA) is 38.0 Å². The maximum Gasteiger partial charge on any atom is 0.0848 e. The van der Waals surface area contributed by atoms with Crippen molar-refractivity contribution in [1.29, 1.82) is 0 Å². The van der Waals surface area contributed by atoms with Crippen LogP contribution in [0.2, 0.25) is 0 Å². The molecular formula is C17H24N2O. The van der Waals surface area contributed by atoms with E-state index in [1.54, 1.807) is 0 Å². The van der Waals surface area contributed by atoms with Crippen LogP contribution in [0.15, 0.2) is 24.4 Å². The summed E-state index contributed by atoms with van der Waals surface area (Å²) in [6.45, 7) is 10.4. The maximum atomic E-state index is 10.5. The molecule has 2 rings (SSSR count). The minimum atomic E-state index is -0.496. The van der Waals surface area contributed by atoms with Gasteiger partial charge in [0, 0.05) is 18.7 Å². The third-order valence-corrected chi connectivity index (χ3v) is 3.84. The second kappa shape index (κ2) is 5.80. The summed E-state index contributed by atoms with van der Waals surface area (Å²) in [5.41, 5.74) is 5.57. The molecule has 0 aliphatic carbocycles. The summed E-state index contributed by atoms with van der Waals surface area (Å²) in [5.74, 6) is 0. The molecule has 0 radical (unpaired) electrons. The molecule has 0 saturated carbocycles. The Morgan fingerprint density at radius 2 is 1.75 bits per heavy atom. The number of nitrogens with zero attached hydrogens (tertiary/aromatic N) is 2. The molecule has 0 bridgehead atoms. The summed E-state index contributed by atoms with van der Waals surface area (Å²) in [5, 5.41) is 15.0. The second-order valence-electron chi connectivity index (χ2n) is 5.89. The molecular weight excluding hydrogens is 248 g/mol. The molecule has 2 aromatic rings. The van der Waals surface area contributed by atoms with Crippen LogP contribution in [-0.4, -0.2) is 14.9 Å². The Labute approximate surface area is 121 Å². The molecule has 0 spiro atoms. The molecule has 1 heterocycles. The lowest BCUT2D eigenvalue weighted by molar-refractivity contribution is 0.176. The highest BCUT2D eigenvalue weighted by Gasteiger charge is 2.14. The Bertz CT molecular complexity index is 599. The molecule has 0 amide bonds. The molecule has 1 atom stereocenters.